The molecule has 0 fully saturated rings. The Morgan fingerprint density at radius 2 is 1.79 bits per heavy atom. The van der Waals surface area contributed by atoms with Crippen LogP contribution in [0.25, 0.3) is 0 Å². The zero-order chi connectivity index (χ0) is 20.4. The molecule has 4 rings (SSSR count). The second kappa shape index (κ2) is 7.58. The van der Waals surface area contributed by atoms with Crippen LogP contribution in [-0.2, 0) is 12.6 Å². The first-order valence-electron chi connectivity index (χ1n) is 9.10. The highest BCUT2D eigenvalue weighted by molar-refractivity contribution is 5.94. The summed E-state index contributed by atoms with van der Waals surface area (Å²) in [6.45, 7) is 0. The minimum absolute atomic E-state index is 0.00836. The number of aromatic nitrogens is 1. The van der Waals surface area contributed by atoms with Gasteiger partial charge in [-0.1, -0.05) is 24.3 Å². The van der Waals surface area contributed by atoms with Crippen molar-refractivity contribution in [2.45, 2.75) is 25.1 Å². The lowest BCUT2D eigenvalue weighted by Gasteiger charge is -2.14. The molecule has 1 aromatic heterocycles. The molecule has 3 aromatic rings. The summed E-state index contributed by atoms with van der Waals surface area (Å²) in [5, 5.41) is 3.04. The standard InChI is InChI=1S/C22H17F3N2O2/c23-22(24,25)16-8-12-20(26-13-16)29-17-9-5-15(6-10-17)21(28)27-19-11-7-14-3-1-2-4-18(14)19/h1-6,8-10,12-13,19H,7,11H2,(H,27,28)/t19-/m1/s1. The number of amides is 1. The summed E-state index contributed by atoms with van der Waals surface area (Å²) in [6, 6.07) is 16.5. The fraction of sp³-hybridized carbons (Fsp3) is 0.182. The zero-order valence-electron chi connectivity index (χ0n) is 15.2. The van der Waals surface area contributed by atoms with Crippen molar-refractivity contribution < 1.29 is 22.7 Å². The van der Waals surface area contributed by atoms with Gasteiger partial charge in [-0.3, -0.25) is 4.79 Å². The van der Waals surface area contributed by atoms with Crippen LogP contribution in [0.4, 0.5) is 13.2 Å². The van der Waals surface area contributed by atoms with Crippen molar-refractivity contribution in [3.63, 3.8) is 0 Å². The van der Waals surface area contributed by atoms with Crippen LogP contribution in [0.5, 0.6) is 11.6 Å². The summed E-state index contributed by atoms with van der Waals surface area (Å²) >= 11 is 0. The number of alkyl halides is 3. The molecule has 2 aromatic carbocycles. The molecule has 0 radical (unpaired) electrons. The Morgan fingerprint density at radius 1 is 1.03 bits per heavy atom. The number of carbonyl (C=O) groups is 1. The Bertz CT molecular complexity index is 1020. The van der Waals surface area contributed by atoms with Gasteiger partial charge in [0.1, 0.15) is 5.75 Å². The van der Waals surface area contributed by atoms with E-state index in [1.165, 1.54) is 5.56 Å². The molecular formula is C22H17F3N2O2. The zero-order valence-corrected chi connectivity index (χ0v) is 15.2. The number of carbonyl (C=O) groups excluding carboxylic acids is 1. The number of hydrogen-bond donors (Lipinski definition) is 1. The van der Waals surface area contributed by atoms with Gasteiger partial charge in [-0.25, -0.2) is 4.98 Å². The highest BCUT2D eigenvalue weighted by Gasteiger charge is 2.30. The molecule has 1 N–H and O–H groups in total. The van der Waals surface area contributed by atoms with E-state index in [-0.39, 0.29) is 17.8 Å². The molecule has 0 bridgehead atoms. The summed E-state index contributed by atoms with van der Waals surface area (Å²) in [4.78, 5) is 16.2. The van der Waals surface area contributed by atoms with E-state index < -0.39 is 11.7 Å². The lowest BCUT2D eigenvalue weighted by Crippen LogP contribution is -2.27. The summed E-state index contributed by atoms with van der Waals surface area (Å²) in [5.74, 6) is 0.226. The number of aryl methyl sites for hydroxylation is 1. The van der Waals surface area contributed by atoms with Gasteiger partial charge in [-0.2, -0.15) is 13.2 Å². The largest absolute Gasteiger partial charge is 0.439 e. The number of benzene rings is 2. The van der Waals surface area contributed by atoms with Crippen LogP contribution < -0.4 is 10.1 Å². The minimum Gasteiger partial charge on any atom is -0.439 e. The van der Waals surface area contributed by atoms with Crippen LogP contribution in [0.2, 0.25) is 0 Å². The van der Waals surface area contributed by atoms with E-state index in [0.29, 0.717) is 11.3 Å². The first-order valence-corrected chi connectivity index (χ1v) is 9.10. The second-order valence-electron chi connectivity index (χ2n) is 6.77. The molecule has 1 aliphatic carbocycles. The topological polar surface area (TPSA) is 51.2 Å². The van der Waals surface area contributed by atoms with Crippen molar-refractivity contribution in [3.05, 3.63) is 89.1 Å². The highest BCUT2D eigenvalue weighted by atomic mass is 19.4. The second-order valence-corrected chi connectivity index (χ2v) is 6.77. The number of nitrogens with zero attached hydrogens (tertiary/aromatic N) is 1. The number of rotatable bonds is 4. The number of nitrogens with one attached hydrogen (secondary N) is 1. The molecule has 0 saturated carbocycles. The van der Waals surface area contributed by atoms with E-state index in [1.807, 2.05) is 18.2 Å². The van der Waals surface area contributed by atoms with Crippen LogP contribution in [0.3, 0.4) is 0 Å². The van der Waals surface area contributed by atoms with Gasteiger partial charge in [0.25, 0.3) is 5.91 Å². The van der Waals surface area contributed by atoms with Crippen LogP contribution in [0.15, 0.2) is 66.9 Å². The number of ether oxygens (including phenoxy) is 1. The first kappa shape index (κ1) is 19.0. The maximum absolute atomic E-state index is 12.6. The SMILES string of the molecule is O=C(N[C@@H]1CCc2ccccc21)c1ccc(Oc2ccc(C(F)(F)F)cn2)cc1. The molecular weight excluding hydrogens is 381 g/mol. The lowest BCUT2D eigenvalue weighted by molar-refractivity contribution is -0.137. The summed E-state index contributed by atoms with van der Waals surface area (Å²) < 4.78 is 43.2. The van der Waals surface area contributed by atoms with Crippen LogP contribution in [-0.4, -0.2) is 10.9 Å². The molecule has 0 aliphatic heterocycles. The Balaban J connectivity index is 1.40. The molecule has 0 spiro atoms. The van der Waals surface area contributed by atoms with Gasteiger partial charge in [0, 0.05) is 17.8 Å². The average molecular weight is 398 g/mol. The van der Waals surface area contributed by atoms with E-state index in [1.54, 1.807) is 24.3 Å². The quantitative estimate of drug-likeness (QED) is 0.648. The molecule has 1 heterocycles. The van der Waals surface area contributed by atoms with Crippen LogP contribution in [0, 0.1) is 0 Å². The predicted octanol–water partition coefficient (Wildman–Crippen LogP) is 5.31. The van der Waals surface area contributed by atoms with E-state index >= 15 is 0 Å². The maximum atomic E-state index is 12.6. The average Bonchev–Trinajstić information content (AvgIpc) is 3.11. The van der Waals surface area contributed by atoms with E-state index in [0.717, 1.165) is 36.7 Å². The maximum Gasteiger partial charge on any atom is 0.417 e. The van der Waals surface area contributed by atoms with Crippen LogP contribution >= 0.6 is 0 Å². The summed E-state index contributed by atoms with van der Waals surface area (Å²) in [6.07, 6.45) is -1.92. The van der Waals surface area contributed by atoms with Crippen molar-refractivity contribution in [1.82, 2.24) is 10.3 Å². The van der Waals surface area contributed by atoms with Crippen molar-refractivity contribution in [2.75, 3.05) is 0 Å². The summed E-state index contributed by atoms with van der Waals surface area (Å²) in [5.41, 5.74) is 2.03. The van der Waals surface area contributed by atoms with Gasteiger partial charge in [0.2, 0.25) is 5.88 Å². The van der Waals surface area contributed by atoms with Crippen molar-refractivity contribution in [1.29, 1.82) is 0 Å². The molecule has 1 aliphatic rings. The van der Waals surface area contributed by atoms with Gasteiger partial charge in [-0.15, -0.1) is 0 Å². The Hall–Kier alpha value is -3.35. The number of halogens is 3. The van der Waals surface area contributed by atoms with Crippen LogP contribution in [0.1, 0.15) is 39.5 Å². The summed E-state index contributed by atoms with van der Waals surface area (Å²) in [7, 11) is 0. The van der Waals surface area contributed by atoms with E-state index in [4.69, 9.17) is 4.74 Å². The Labute approximate surface area is 165 Å². The highest BCUT2D eigenvalue weighted by Crippen LogP contribution is 2.32. The van der Waals surface area contributed by atoms with Crippen molar-refractivity contribution >= 4 is 5.91 Å². The van der Waals surface area contributed by atoms with E-state index in [9.17, 15) is 18.0 Å². The monoisotopic (exact) mass is 398 g/mol. The fourth-order valence-electron chi connectivity index (χ4n) is 3.35. The number of fused-ring (bicyclic) bond motifs is 1. The number of hydrogen-bond acceptors (Lipinski definition) is 3. The normalized spacial score (nSPS) is 15.6. The van der Waals surface area contributed by atoms with Gasteiger partial charge >= 0.3 is 6.18 Å². The Morgan fingerprint density at radius 3 is 2.48 bits per heavy atom. The third-order valence-corrected chi connectivity index (χ3v) is 4.84. The molecule has 148 valence electrons. The third kappa shape index (κ3) is 4.23. The van der Waals surface area contributed by atoms with Crippen molar-refractivity contribution in [2.24, 2.45) is 0 Å². The lowest BCUT2D eigenvalue weighted by atomic mass is 10.1. The van der Waals surface area contributed by atoms with Gasteiger partial charge in [-0.05, 0) is 54.3 Å². The van der Waals surface area contributed by atoms with Gasteiger partial charge in [0.05, 0.1) is 11.6 Å². The molecule has 7 heteroatoms. The fourth-order valence-corrected chi connectivity index (χ4v) is 3.35. The number of pyridine rings is 1. The van der Waals surface area contributed by atoms with Gasteiger partial charge < -0.3 is 10.1 Å². The smallest absolute Gasteiger partial charge is 0.417 e. The van der Waals surface area contributed by atoms with E-state index in [2.05, 4.69) is 16.4 Å². The minimum atomic E-state index is -4.44. The third-order valence-electron chi connectivity index (χ3n) is 4.84. The molecule has 1 amide bonds. The predicted molar refractivity (Wildman–Crippen MR) is 101 cm³/mol. The molecule has 29 heavy (non-hydrogen) atoms. The Kier molecular flexibility index (Phi) is 4.96. The molecule has 1 atom stereocenters. The first-order chi connectivity index (χ1) is 13.9. The molecule has 0 unspecified atom stereocenters. The van der Waals surface area contributed by atoms with Gasteiger partial charge in [0.15, 0.2) is 0 Å². The molecule has 0 saturated heterocycles. The van der Waals surface area contributed by atoms with Crippen molar-refractivity contribution in [3.8, 4) is 11.6 Å². The molecule has 4 nitrogen and oxygen atoms in total.